The summed E-state index contributed by atoms with van der Waals surface area (Å²) in [6.07, 6.45) is -48.3. The van der Waals surface area contributed by atoms with Crippen LogP contribution in [0.1, 0.15) is 97.0 Å². The molecule has 6 rings (SSSR count). The monoisotopic (exact) mass is 1470 g/mol. The minimum Gasteiger partial charge on any atom is -0.462 e. The highest BCUT2D eigenvalue weighted by Gasteiger charge is 2.59. The van der Waals surface area contributed by atoms with E-state index in [1.165, 1.54) is 0 Å². The van der Waals surface area contributed by atoms with Crippen molar-refractivity contribution in [1.29, 1.82) is 0 Å². The molecule has 0 radical (unpaired) electrons. The van der Waals surface area contributed by atoms with E-state index in [0.717, 1.165) is 12.8 Å². The number of phosphoric acid groups is 2. The van der Waals surface area contributed by atoms with Crippen LogP contribution in [0, 0.1) is 0 Å². The van der Waals surface area contributed by atoms with Gasteiger partial charge in [0.05, 0.1) is 52.3 Å². The van der Waals surface area contributed by atoms with Gasteiger partial charge in [0.1, 0.15) is 129 Å². The number of nitrogens with two attached hydrogens (primary N) is 2. The fraction of sp³-hybridized carbons (Fsp3) is 0.847. The fourth-order valence-electron chi connectivity index (χ4n) is 11.1. The highest BCUT2D eigenvalue weighted by atomic mass is 31.2. The number of aliphatic hydroxyl groups is 13. The molecule has 0 amide bonds. The number of hydrogen-bond acceptors (Lipinski definition) is 36. The second-order valence-electron chi connectivity index (χ2n) is 24.4. The Morgan fingerprint density at radius 2 is 1.02 bits per heavy atom. The first-order valence-electron chi connectivity index (χ1n) is 32.9. The molecular formula is C59H100N2O36P2. The van der Waals surface area contributed by atoms with Crippen molar-refractivity contribution >= 4 is 33.6 Å². The maximum Gasteiger partial charge on any atom is 0.472 e. The van der Waals surface area contributed by atoms with Crippen LogP contribution >= 0.6 is 15.6 Å². The number of unbranched alkanes of at least 4 members (excludes halogenated alkanes) is 5. The van der Waals surface area contributed by atoms with E-state index >= 15 is 0 Å². The van der Waals surface area contributed by atoms with Gasteiger partial charge < -0.3 is 144 Å². The lowest BCUT2D eigenvalue weighted by molar-refractivity contribution is -0.377. The van der Waals surface area contributed by atoms with Crippen molar-refractivity contribution in [2.24, 2.45) is 11.5 Å². The molecule has 1 saturated carbocycles. The molecule has 1 aromatic rings. The summed E-state index contributed by atoms with van der Waals surface area (Å²) in [6.45, 7) is -1.01. The number of carbonyl (C=O) groups excluding carboxylic acids is 3. The molecule has 0 aromatic heterocycles. The number of hydrogen-bond donors (Lipinski definition) is 17. The van der Waals surface area contributed by atoms with Gasteiger partial charge in [0, 0.05) is 25.8 Å². The van der Waals surface area contributed by atoms with E-state index in [9.17, 15) is 99.7 Å². The van der Waals surface area contributed by atoms with Gasteiger partial charge in [-0.1, -0.05) is 83.2 Å². The molecule has 1 aliphatic carbocycles. The zero-order valence-corrected chi connectivity index (χ0v) is 56.7. The predicted octanol–water partition coefficient (Wildman–Crippen LogP) is -4.75. The minimum atomic E-state index is -5.66. The zero-order chi connectivity index (χ0) is 72.9. The molecule has 29 atom stereocenters. The molecule has 4 heterocycles. The molecule has 19 N–H and O–H groups in total. The average molecular weight is 1480 g/mol. The Hall–Kier alpha value is -3.11. The van der Waals surface area contributed by atoms with E-state index in [1.807, 2.05) is 13.8 Å². The summed E-state index contributed by atoms with van der Waals surface area (Å²) in [7, 11) is -10.5. The predicted molar refractivity (Wildman–Crippen MR) is 328 cm³/mol. The summed E-state index contributed by atoms with van der Waals surface area (Å²) in [5.41, 5.74) is 12.4. The van der Waals surface area contributed by atoms with Crippen LogP contribution < -0.4 is 11.5 Å². The first kappa shape index (κ1) is 84.8. The molecule has 38 nitrogen and oxygen atoms in total. The maximum atomic E-state index is 14.4. The summed E-state index contributed by atoms with van der Waals surface area (Å²) in [4.78, 5) is 60.7. The van der Waals surface area contributed by atoms with Crippen molar-refractivity contribution in [3.8, 4) is 0 Å². The SMILES string of the molecule is CCCCCC(=O)OC[C@H](COP(=O)(O)O[C@H]1[C@H](O[C@H]2O[C@H](CO)[C@@H](O[C@H]3O[C@H](CO[C@H]4O[C@H](CO)[C@@H](O)[C@H](O)[C@@H]4O[C@H]4O[C@H](COP(=O)(O)OCCN)[C@@H](O)[C@H](O)[C@@H]4O)[C@@H](O)[C@H](O)[C@@H]3O)[C@H](O)[C@H]2N)[C@@H](OCc2ccccc2)[C@H](O)[C@@H](O)[C@H]1OC(=O)CCCC)OC(=O)CCCCC. The second kappa shape index (κ2) is 41.0. The number of carbonyl (C=O) groups is 3. The largest absolute Gasteiger partial charge is 0.472 e. The lowest BCUT2D eigenvalue weighted by atomic mass is 9.84. The number of benzene rings is 1. The van der Waals surface area contributed by atoms with Crippen LogP contribution in [-0.2, 0) is 105 Å². The average Bonchev–Trinajstić information content (AvgIpc) is 0.770. The Morgan fingerprint density at radius 3 is 1.62 bits per heavy atom. The Kier molecular flexibility index (Phi) is 35.1. The number of esters is 3. The van der Waals surface area contributed by atoms with Crippen LogP contribution in [0.25, 0.3) is 0 Å². The van der Waals surface area contributed by atoms with Gasteiger partial charge in [-0.15, -0.1) is 0 Å². The molecule has 1 aromatic carbocycles. The summed E-state index contributed by atoms with van der Waals surface area (Å²) in [5, 5.41) is 145. The van der Waals surface area contributed by atoms with Crippen molar-refractivity contribution in [2.75, 3.05) is 52.8 Å². The minimum absolute atomic E-state index is 0.0103. The van der Waals surface area contributed by atoms with E-state index in [0.29, 0.717) is 37.7 Å². The normalized spacial score (nSPS) is 37.4. The van der Waals surface area contributed by atoms with Crippen LogP contribution in [0.4, 0.5) is 0 Å². The van der Waals surface area contributed by atoms with Crippen LogP contribution in [0.2, 0.25) is 0 Å². The Bertz CT molecular complexity index is 2650. The molecule has 99 heavy (non-hydrogen) atoms. The molecule has 4 aliphatic heterocycles. The third-order valence-electron chi connectivity index (χ3n) is 16.8. The van der Waals surface area contributed by atoms with Gasteiger partial charge in [0.2, 0.25) is 0 Å². The molecule has 572 valence electrons. The molecule has 40 heteroatoms. The van der Waals surface area contributed by atoms with Gasteiger partial charge in [-0.25, -0.2) is 9.13 Å². The van der Waals surface area contributed by atoms with E-state index in [1.54, 1.807) is 37.3 Å². The van der Waals surface area contributed by atoms with Crippen LogP contribution in [0.15, 0.2) is 30.3 Å². The summed E-state index contributed by atoms with van der Waals surface area (Å²) >= 11 is 0. The second-order valence-corrected chi connectivity index (χ2v) is 27.3. The van der Waals surface area contributed by atoms with Crippen LogP contribution in [-0.4, -0.2) is 312 Å². The molecular weight excluding hydrogens is 1370 g/mol. The van der Waals surface area contributed by atoms with Gasteiger partial charge >= 0.3 is 33.6 Å². The molecule has 0 spiro atoms. The topological polar surface area (TPSA) is 589 Å². The van der Waals surface area contributed by atoms with Gasteiger partial charge in [-0.2, -0.15) is 0 Å². The van der Waals surface area contributed by atoms with Crippen molar-refractivity contribution in [1.82, 2.24) is 0 Å². The molecule has 2 unspecified atom stereocenters. The van der Waals surface area contributed by atoms with Gasteiger partial charge in [-0.05, 0) is 24.8 Å². The summed E-state index contributed by atoms with van der Waals surface area (Å²) < 4.78 is 117. The van der Waals surface area contributed by atoms with Crippen molar-refractivity contribution in [2.45, 2.75) is 263 Å². The lowest BCUT2D eigenvalue weighted by Gasteiger charge is -2.50. The highest BCUT2D eigenvalue weighted by molar-refractivity contribution is 7.47. The number of ether oxygens (including phenoxy) is 12. The van der Waals surface area contributed by atoms with Gasteiger partial charge in [-0.3, -0.25) is 32.5 Å². The third kappa shape index (κ3) is 24.2. The fourth-order valence-corrected chi connectivity index (χ4v) is 12.9. The first-order chi connectivity index (χ1) is 47.0. The van der Waals surface area contributed by atoms with Crippen LogP contribution in [0.5, 0.6) is 0 Å². The molecule has 5 aliphatic rings. The van der Waals surface area contributed by atoms with Crippen molar-refractivity contribution in [3.05, 3.63) is 35.9 Å². The molecule has 5 fully saturated rings. The van der Waals surface area contributed by atoms with Crippen molar-refractivity contribution < 1.29 is 175 Å². The van der Waals surface area contributed by atoms with E-state index in [2.05, 4.69) is 4.52 Å². The Morgan fingerprint density at radius 1 is 0.495 bits per heavy atom. The number of aliphatic hydroxyl groups excluding tert-OH is 13. The van der Waals surface area contributed by atoms with Crippen molar-refractivity contribution in [3.63, 3.8) is 0 Å². The van der Waals surface area contributed by atoms with E-state index < -0.39 is 245 Å². The number of phosphoric ester groups is 2. The summed E-state index contributed by atoms with van der Waals surface area (Å²) in [6, 6.07) is 6.30. The zero-order valence-electron chi connectivity index (χ0n) is 54.9. The molecule has 0 bridgehead atoms. The Balaban J connectivity index is 1.24. The van der Waals surface area contributed by atoms with Crippen LogP contribution in [0.3, 0.4) is 0 Å². The third-order valence-corrected chi connectivity index (χ3v) is 18.8. The maximum absolute atomic E-state index is 14.4. The summed E-state index contributed by atoms with van der Waals surface area (Å²) in [5.74, 6) is -2.42. The molecule has 4 saturated heterocycles. The highest BCUT2D eigenvalue weighted by Crippen LogP contribution is 2.49. The Labute approximate surface area is 570 Å². The smallest absolute Gasteiger partial charge is 0.462 e. The van der Waals surface area contributed by atoms with Gasteiger partial charge in [0.25, 0.3) is 0 Å². The standard InChI is InChI=1S/C59H100N2O36P2/c1-4-7-11-18-35(64)82-25-30(88-36(65)19-12-8-5-2)26-86-99(80,81)97-55-52(93-37(66)17-9-6-3)47(75)46(74)51(83-24-29-15-13-10-14-16-29)54(55)96-56-38(61)42(70)50(32(23-63)90-56)94-57-48(76)43(71)40(68)33(91-57)27-84-59-53(45(73)39(67)31(22-62)89-59)95-58-49(77)44(72)41(69)34(92-58)28-87-98(78,79)85-21-20-60/h10,13-16,30-34,38-59,62-63,67-77H,4-9,11-12,17-28,60-61H2,1-3H3,(H,78,79)(H,80,81)/t30-,31-,32-,33-,34-,38-,39-,40-,41-,42-,43+,44+,45+,46-,47-,48+,49+,50-,51+,52-,53+,54-,55-,56-,57-,58-,59+/m1/s1. The van der Waals surface area contributed by atoms with Gasteiger partial charge in [0.15, 0.2) is 37.4 Å². The first-order valence-corrected chi connectivity index (χ1v) is 35.9. The number of rotatable bonds is 40. The van der Waals surface area contributed by atoms with E-state index in [-0.39, 0.29) is 38.8 Å². The lowest BCUT2D eigenvalue weighted by Crippen LogP contribution is -2.70. The van der Waals surface area contributed by atoms with E-state index in [4.69, 9.17) is 81.9 Å². The quantitative estimate of drug-likeness (QED) is 0.0127.